The molecule has 0 aromatic heterocycles. The standard InChI is InChI=1S/C18H26O4/c1-4-5-6-13(8-7-12(2)3)16-11-14(17(19)20)9-10-15(16)18(21)22/h9-13H,4-8H2,1-3H3,(H,19,20)(H,21,22). The van der Waals surface area contributed by atoms with Crippen LogP contribution in [0.5, 0.6) is 0 Å². The summed E-state index contributed by atoms with van der Waals surface area (Å²) < 4.78 is 0. The van der Waals surface area contributed by atoms with Gasteiger partial charge in [0.1, 0.15) is 0 Å². The molecule has 0 aliphatic rings. The van der Waals surface area contributed by atoms with Crippen LogP contribution in [-0.4, -0.2) is 22.2 Å². The van der Waals surface area contributed by atoms with E-state index >= 15 is 0 Å². The minimum absolute atomic E-state index is 0.104. The third-order valence-corrected chi connectivity index (χ3v) is 3.97. The number of carbonyl (C=O) groups is 2. The summed E-state index contributed by atoms with van der Waals surface area (Å²) >= 11 is 0. The number of unbranched alkanes of at least 4 members (excludes halogenated alkanes) is 1. The average Bonchev–Trinajstić information content (AvgIpc) is 2.46. The normalized spacial score (nSPS) is 12.4. The number of hydrogen-bond donors (Lipinski definition) is 2. The van der Waals surface area contributed by atoms with Crippen LogP contribution in [0.1, 0.15) is 85.1 Å². The third kappa shape index (κ3) is 5.17. The monoisotopic (exact) mass is 306 g/mol. The molecule has 0 amide bonds. The largest absolute Gasteiger partial charge is 0.478 e. The summed E-state index contributed by atoms with van der Waals surface area (Å²) in [5.74, 6) is -1.36. The summed E-state index contributed by atoms with van der Waals surface area (Å²) in [4.78, 5) is 22.7. The van der Waals surface area contributed by atoms with E-state index in [1.165, 1.54) is 12.1 Å². The number of aromatic carboxylic acids is 2. The highest BCUT2D eigenvalue weighted by Crippen LogP contribution is 2.32. The first-order chi connectivity index (χ1) is 10.4. The molecule has 0 heterocycles. The van der Waals surface area contributed by atoms with E-state index in [9.17, 15) is 14.7 Å². The van der Waals surface area contributed by atoms with Gasteiger partial charge in [-0.25, -0.2) is 9.59 Å². The molecule has 0 radical (unpaired) electrons. The Bertz CT molecular complexity index is 520. The molecule has 0 spiro atoms. The zero-order chi connectivity index (χ0) is 16.7. The number of carboxylic acids is 2. The van der Waals surface area contributed by atoms with Crippen molar-refractivity contribution < 1.29 is 19.8 Å². The lowest BCUT2D eigenvalue weighted by Crippen LogP contribution is -2.11. The van der Waals surface area contributed by atoms with Crippen LogP contribution in [0.25, 0.3) is 0 Å². The summed E-state index contributed by atoms with van der Waals surface area (Å²) in [7, 11) is 0. The van der Waals surface area contributed by atoms with Crippen molar-refractivity contribution in [3.63, 3.8) is 0 Å². The highest BCUT2D eigenvalue weighted by molar-refractivity contribution is 5.93. The Kier molecular flexibility index (Phi) is 7.09. The van der Waals surface area contributed by atoms with Gasteiger partial charge in [-0.05, 0) is 48.4 Å². The smallest absolute Gasteiger partial charge is 0.335 e. The van der Waals surface area contributed by atoms with Crippen LogP contribution in [0.3, 0.4) is 0 Å². The van der Waals surface area contributed by atoms with Gasteiger partial charge < -0.3 is 10.2 Å². The predicted molar refractivity (Wildman–Crippen MR) is 86.7 cm³/mol. The Hall–Kier alpha value is -1.84. The first kappa shape index (κ1) is 18.2. The number of hydrogen-bond acceptors (Lipinski definition) is 2. The molecular formula is C18H26O4. The van der Waals surface area contributed by atoms with Gasteiger partial charge in [-0.1, -0.05) is 40.0 Å². The topological polar surface area (TPSA) is 74.6 Å². The van der Waals surface area contributed by atoms with Crippen LogP contribution in [0, 0.1) is 5.92 Å². The summed E-state index contributed by atoms with van der Waals surface area (Å²) in [6.45, 7) is 6.39. The van der Waals surface area contributed by atoms with Gasteiger partial charge in [-0.2, -0.15) is 0 Å². The molecule has 0 saturated heterocycles. The highest BCUT2D eigenvalue weighted by Gasteiger charge is 2.21. The Morgan fingerprint density at radius 2 is 1.73 bits per heavy atom. The minimum atomic E-state index is -1.02. The second-order valence-corrected chi connectivity index (χ2v) is 6.22. The van der Waals surface area contributed by atoms with E-state index in [1.807, 2.05) is 0 Å². The van der Waals surface area contributed by atoms with Gasteiger partial charge in [0.15, 0.2) is 0 Å². The molecule has 0 aliphatic carbocycles. The van der Waals surface area contributed by atoms with Crippen molar-refractivity contribution in [1.82, 2.24) is 0 Å². The summed E-state index contributed by atoms with van der Waals surface area (Å²) in [6.07, 6.45) is 4.84. The zero-order valence-electron chi connectivity index (χ0n) is 13.6. The molecule has 0 fully saturated rings. The van der Waals surface area contributed by atoms with Gasteiger partial charge in [-0.3, -0.25) is 0 Å². The van der Waals surface area contributed by atoms with Gasteiger partial charge in [0.2, 0.25) is 0 Å². The number of benzene rings is 1. The van der Waals surface area contributed by atoms with Crippen LogP contribution in [0.2, 0.25) is 0 Å². The summed E-state index contributed by atoms with van der Waals surface area (Å²) in [5.41, 5.74) is 1.06. The lowest BCUT2D eigenvalue weighted by Gasteiger charge is -2.21. The SMILES string of the molecule is CCCCC(CCC(C)C)c1cc(C(=O)O)ccc1C(=O)O. The molecular weight excluding hydrogens is 280 g/mol. The second kappa shape index (κ2) is 8.57. The zero-order valence-corrected chi connectivity index (χ0v) is 13.6. The maximum absolute atomic E-state index is 11.5. The molecule has 22 heavy (non-hydrogen) atoms. The molecule has 1 unspecified atom stereocenters. The van der Waals surface area contributed by atoms with Gasteiger partial charge in [-0.15, -0.1) is 0 Å². The average molecular weight is 306 g/mol. The van der Waals surface area contributed by atoms with Crippen molar-refractivity contribution in [2.75, 3.05) is 0 Å². The lowest BCUT2D eigenvalue weighted by molar-refractivity contribution is 0.0679. The van der Waals surface area contributed by atoms with Gasteiger partial charge in [0.05, 0.1) is 11.1 Å². The van der Waals surface area contributed by atoms with E-state index in [0.717, 1.165) is 32.1 Å². The van der Waals surface area contributed by atoms with Crippen LogP contribution in [-0.2, 0) is 0 Å². The first-order valence-corrected chi connectivity index (χ1v) is 7.97. The number of carboxylic acid groups (broad SMARTS) is 2. The third-order valence-electron chi connectivity index (χ3n) is 3.97. The van der Waals surface area contributed by atoms with Crippen molar-refractivity contribution in [3.8, 4) is 0 Å². The molecule has 4 nitrogen and oxygen atoms in total. The molecule has 1 aromatic carbocycles. The molecule has 1 rings (SSSR count). The fraction of sp³-hybridized carbons (Fsp3) is 0.556. The fourth-order valence-corrected chi connectivity index (χ4v) is 2.67. The second-order valence-electron chi connectivity index (χ2n) is 6.22. The van der Waals surface area contributed by atoms with Crippen molar-refractivity contribution in [2.45, 2.75) is 58.8 Å². The van der Waals surface area contributed by atoms with Crippen molar-refractivity contribution in [2.24, 2.45) is 5.92 Å². The van der Waals surface area contributed by atoms with Crippen molar-refractivity contribution in [3.05, 3.63) is 34.9 Å². The maximum Gasteiger partial charge on any atom is 0.335 e. The quantitative estimate of drug-likeness (QED) is 0.687. The minimum Gasteiger partial charge on any atom is -0.478 e. The molecule has 0 bridgehead atoms. The van der Waals surface area contributed by atoms with Gasteiger partial charge in [0, 0.05) is 0 Å². The highest BCUT2D eigenvalue weighted by atomic mass is 16.4. The predicted octanol–water partition coefficient (Wildman–Crippen LogP) is 4.79. The molecule has 1 atom stereocenters. The van der Waals surface area contributed by atoms with Crippen molar-refractivity contribution >= 4 is 11.9 Å². The van der Waals surface area contributed by atoms with E-state index in [1.54, 1.807) is 6.07 Å². The first-order valence-electron chi connectivity index (χ1n) is 7.97. The van der Waals surface area contributed by atoms with E-state index in [4.69, 9.17) is 5.11 Å². The van der Waals surface area contributed by atoms with E-state index in [0.29, 0.717) is 11.5 Å². The van der Waals surface area contributed by atoms with Crippen molar-refractivity contribution in [1.29, 1.82) is 0 Å². The van der Waals surface area contributed by atoms with E-state index in [-0.39, 0.29) is 17.0 Å². The Labute approximate surface area is 132 Å². The van der Waals surface area contributed by atoms with Crippen LogP contribution >= 0.6 is 0 Å². The molecule has 1 aromatic rings. The summed E-state index contributed by atoms with van der Waals surface area (Å²) in [5, 5.41) is 18.6. The molecule has 122 valence electrons. The lowest BCUT2D eigenvalue weighted by atomic mass is 9.84. The molecule has 2 N–H and O–H groups in total. The molecule has 4 heteroatoms. The Balaban J connectivity index is 3.19. The van der Waals surface area contributed by atoms with E-state index in [2.05, 4.69) is 20.8 Å². The van der Waals surface area contributed by atoms with Crippen LogP contribution in [0.15, 0.2) is 18.2 Å². The maximum atomic E-state index is 11.5. The Morgan fingerprint density at radius 3 is 2.23 bits per heavy atom. The fourth-order valence-electron chi connectivity index (χ4n) is 2.67. The van der Waals surface area contributed by atoms with Gasteiger partial charge >= 0.3 is 11.9 Å². The van der Waals surface area contributed by atoms with Crippen LogP contribution in [0.4, 0.5) is 0 Å². The summed E-state index contributed by atoms with van der Waals surface area (Å²) in [6, 6.07) is 4.34. The van der Waals surface area contributed by atoms with E-state index < -0.39 is 11.9 Å². The molecule has 0 aliphatic heterocycles. The van der Waals surface area contributed by atoms with Gasteiger partial charge in [0.25, 0.3) is 0 Å². The Morgan fingerprint density at radius 1 is 1.05 bits per heavy atom. The number of rotatable bonds is 9. The van der Waals surface area contributed by atoms with Crippen LogP contribution < -0.4 is 0 Å². The molecule has 0 saturated carbocycles.